The summed E-state index contributed by atoms with van der Waals surface area (Å²) in [7, 11) is -9.08. The second-order valence-electron chi connectivity index (χ2n) is 6.25. The van der Waals surface area contributed by atoms with Crippen LogP contribution in [0.25, 0.3) is 5.76 Å². The van der Waals surface area contributed by atoms with Gasteiger partial charge in [0.25, 0.3) is 20.2 Å². The summed E-state index contributed by atoms with van der Waals surface area (Å²) in [6.45, 7) is 0. The normalized spacial score (nSPS) is 17.2. The largest absolute Gasteiger partial charge is 0.508 e. The first-order valence-corrected chi connectivity index (χ1v) is 10.9. The minimum Gasteiger partial charge on any atom is -0.508 e. The van der Waals surface area contributed by atoms with Crippen molar-refractivity contribution in [1.29, 1.82) is 0 Å². The molecule has 2 aromatic rings. The van der Waals surface area contributed by atoms with Gasteiger partial charge in [-0.3, -0.25) is 9.11 Å². The average Bonchev–Trinajstić information content (AvgIpc) is 2.60. The molecule has 2 aromatic carbocycles. The highest BCUT2D eigenvalue weighted by molar-refractivity contribution is 7.86. The molecule has 0 aliphatic heterocycles. The van der Waals surface area contributed by atoms with Crippen LogP contribution in [0.4, 0.5) is 22.7 Å². The van der Waals surface area contributed by atoms with Gasteiger partial charge in [-0.25, -0.2) is 0 Å². The average molecular weight is 440 g/mol. The fourth-order valence-electron chi connectivity index (χ4n) is 2.86. The van der Waals surface area contributed by atoms with E-state index in [4.69, 9.17) is 11.5 Å². The van der Waals surface area contributed by atoms with Gasteiger partial charge < -0.3 is 16.6 Å². The number of nitrogen functional groups attached to an aromatic ring is 2. The number of azo groups is 1. The molecule has 154 valence electrons. The lowest BCUT2D eigenvalue weighted by Gasteiger charge is -2.21. The highest BCUT2D eigenvalue weighted by Crippen LogP contribution is 2.39. The van der Waals surface area contributed by atoms with Crippen molar-refractivity contribution < 1.29 is 31.0 Å². The summed E-state index contributed by atoms with van der Waals surface area (Å²) >= 11 is 0. The Morgan fingerprint density at radius 2 is 1.69 bits per heavy atom. The number of anilines is 2. The maximum Gasteiger partial charge on any atom is 0.296 e. The van der Waals surface area contributed by atoms with E-state index in [0.29, 0.717) is 5.56 Å². The zero-order chi connectivity index (χ0) is 21.6. The van der Waals surface area contributed by atoms with Crippen molar-refractivity contribution in [3.63, 3.8) is 0 Å². The zero-order valence-corrected chi connectivity index (χ0v) is 16.2. The number of aliphatic hydroxyl groups excluding tert-OH is 1. The lowest BCUT2D eigenvalue weighted by atomic mass is 9.93. The number of benzene rings is 2. The molecule has 7 N–H and O–H groups in total. The summed E-state index contributed by atoms with van der Waals surface area (Å²) in [5.74, 6) is -0.484. The van der Waals surface area contributed by atoms with Gasteiger partial charge in [-0.15, -0.1) is 10.2 Å². The minimum atomic E-state index is -4.64. The third kappa shape index (κ3) is 4.22. The molecule has 0 aromatic heterocycles. The maximum atomic E-state index is 11.5. The predicted octanol–water partition coefficient (Wildman–Crippen LogP) is 2.22. The van der Waals surface area contributed by atoms with Gasteiger partial charge >= 0.3 is 0 Å². The smallest absolute Gasteiger partial charge is 0.296 e. The fraction of sp³-hybridized carbons (Fsp3) is 0.125. The summed E-state index contributed by atoms with van der Waals surface area (Å²) in [5.41, 5.74) is 11.7. The summed E-state index contributed by atoms with van der Waals surface area (Å²) in [5, 5.41) is 16.7. The summed E-state index contributed by atoms with van der Waals surface area (Å²) < 4.78 is 64.5. The number of rotatable bonds is 4. The Labute approximate surface area is 165 Å². The molecule has 1 aliphatic carbocycles. The molecule has 0 saturated heterocycles. The van der Waals surface area contributed by atoms with Crippen LogP contribution in [-0.4, -0.2) is 36.3 Å². The van der Waals surface area contributed by atoms with Crippen molar-refractivity contribution in [2.75, 3.05) is 11.5 Å². The van der Waals surface area contributed by atoms with Crippen molar-refractivity contribution in [1.82, 2.24) is 0 Å². The minimum absolute atomic E-state index is 0.0387. The van der Waals surface area contributed by atoms with Crippen LogP contribution in [0.15, 0.2) is 51.5 Å². The lowest BCUT2D eigenvalue weighted by Crippen LogP contribution is -2.24. The molecule has 1 aliphatic rings. The van der Waals surface area contributed by atoms with Crippen LogP contribution < -0.4 is 11.5 Å². The van der Waals surface area contributed by atoms with Gasteiger partial charge in [0.2, 0.25) is 0 Å². The van der Waals surface area contributed by atoms with Gasteiger partial charge in [0, 0.05) is 11.3 Å². The summed E-state index contributed by atoms with van der Waals surface area (Å²) in [4.78, 5) is -0.573. The van der Waals surface area contributed by atoms with E-state index < -0.39 is 36.1 Å². The Morgan fingerprint density at radius 1 is 1.00 bits per heavy atom. The van der Waals surface area contributed by atoms with Gasteiger partial charge in [0.15, 0.2) is 0 Å². The van der Waals surface area contributed by atoms with Gasteiger partial charge in [-0.2, -0.15) is 16.8 Å². The molecule has 3 rings (SSSR count). The second kappa shape index (κ2) is 7.11. The Balaban J connectivity index is 2.13. The molecule has 29 heavy (non-hydrogen) atoms. The first-order valence-electron chi connectivity index (χ1n) is 7.95. The highest BCUT2D eigenvalue weighted by Gasteiger charge is 2.30. The van der Waals surface area contributed by atoms with Crippen LogP contribution in [0, 0.1) is 0 Å². The molecule has 0 amide bonds. The van der Waals surface area contributed by atoms with Crippen LogP contribution in [0.5, 0.6) is 0 Å². The molecule has 0 saturated carbocycles. The molecule has 0 radical (unpaired) electrons. The molecule has 0 bridgehead atoms. The SMILES string of the molecule is Nc1ccc(N=Nc2c(N)ccc3c2C(O)=CC(S(=O)(=O)O)C3)c(S(=O)(=O)O)c1. The molecular formula is C16H16N4O7S2. The number of nitrogens with two attached hydrogens (primary N) is 2. The maximum absolute atomic E-state index is 11.5. The number of hydrogen-bond donors (Lipinski definition) is 5. The van der Waals surface area contributed by atoms with Crippen LogP contribution in [0.3, 0.4) is 0 Å². The van der Waals surface area contributed by atoms with E-state index in [9.17, 15) is 31.0 Å². The molecule has 0 spiro atoms. The Kier molecular flexibility index (Phi) is 5.08. The van der Waals surface area contributed by atoms with E-state index >= 15 is 0 Å². The van der Waals surface area contributed by atoms with Gasteiger partial charge in [0.1, 0.15) is 27.3 Å². The van der Waals surface area contributed by atoms with E-state index in [0.717, 1.165) is 12.1 Å². The molecule has 0 fully saturated rings. The third-order valence-corrected chi connectivity index (χ3v) is 6.17. The van der Waals surface area contributed by atoms with Crippen molar-refractivity contribution in [2.45, 2.75) is 16.6 Å². The monoisotopic (exact) mass is 440 g/mol. The number of fused-ring (bicyclic) bond motifs is 1. The van der Waals surface area contributed by atoms with Gasteiger partial charge in [-0.05, 0) is 42.3 Å². The van der Waals surface area contributed by atoms with Crippen LogP contribution in [-0.2, 0) is 26.7 Å². The van der Waals surface area contributed by atoms with Crippen LogP contribution >= 0.6 is 0 Å². The molecule has 1 atom stereocenters. The van der Waals surface area contributed by atoms with E-state index in [1.54, 1.807) is 0 Å². The molecular weight excluding hydrogens is 424 g/mol. The van der Waals surface area contributed by atoms with Gasteiger partial charge in [0.05, 0.1) is 5.69 Å². The molecule has 0 heterocycles. The number of aliphatic hydroxyl groups is 1. The molecule has 13 heteroatoms. The third-order valence-electron chi connectivity index (χ3n) is 4.22. The first kappa shape index (κ1) is 20.7. The van der Waals surface area contributed by atoms with Crippen molar-refractivity contribution >= 4 is 48.7 Å². The standard InChI is InChI=1S/C16H16N4O7S2/c17-9-2-4-12(14(6-9)29(25,26)27)19-20-16-11(18)3-1-8-5-10(28(22,23)24)7-13(21)15(8)16/h1-4,6-7,10,21H,5,17-18H2,(H,22,23,24)(H,25,26,27). The van der Waals surface area contributed by atoms with E-state index in [1.165, 1.54) is 24.3 Å². The summed E-state index contributed by atoms with van der Waals surface area (Å²) in [6.07, 6.45) is 0.808. The van der Waals surface area contributed by atoms with Crippen molar-refractivity contribution in [3.8, 4) is 0 Å². The van der Waals surface area contributed by atoms with E-state index in [-0.39, 0.29) is 34.7 Å². The van der Waals surface area contributed by atoms with E-state index in [1.807, 2.05) is 0 Å². The Hall–Kier alpha value is -3.00. The number of hydrogen-bond acceptors (Lipinski definition) is 9. The zero-order valence-electron chi connectivity index (χ0n) is 14.6. The van der Waals surface area contributed by atoms with Gasteiger partial charge in [-0.1, -0.05) is 6.07 Å². The topological polar surface area (TPSA) is 206 Å². The van der Waals surface area contributed by atoms with E-state index in [2.05, 4.69) is 10.2 Å². The quantitative estimate of drug-likeness (QED) is 0.268. The number of nitrogens with zero attached hydrogens (tertiary/aromatic N) is 2. The summed E-state index contributed by atoms with van der Waals surface area (Å²) in [6, 6.07) is 6.44. The fourth-order valence-corrected chi connectivity index (χ4v) is 4.21. The molecule has 1 unspecified atom stereocenters. The van der Waals surface area contributed by atoms with Crippen LogP contribution in [0.1, 0.15) is 11.1 Å². The Morgan fingerprint density at radius 3 is 2.31 bits per heavy atom. The van der Waals surface area contributed by atoms with Crippen LogP contribution in [0.2, 0.25) is 0 Å². The molecule has 11 nitrogen and oxygen atoms in total. The lowest BCUT2D eigenvalue weighted by molar-refractivity contribution is 0.467. The second-order valence-corrected chi connectivity index (χ2v) is 9.27. The highest BCUT2D eigenvalue weighted by atomic mass is 32.2. The Bertz CT molecular complexity index is 1270. The van der Waals surface area contributed by atoms with Crippen molar-refractivity contribution in [2.24, 2.45) is 10.2 Å². The first-order chi connectivity index (χ1) is 13.4. The van der Waals surface area contributed by atoms with Crippen molar-refractivity contribution in [3.05, 3.63) is 47.5 Å². The predicted molar refractivity (Wildman–Crippen MR) is 105 cm³/mol.